The van der Waals surface area contributed by atoms with Gasteiger partial charge in [-0.2, -0.15) is 0 Å². The standard InChI is InChI=1S/C14H19BrIN/c1-10-3-2-4-11(6-5-10)17-12-7-8-13(15)14(16)9-12/h7-11,17H,2-6H2,1H3. The summed E-state index contributed by atoms with van der Waals surface area (Å²) >= 11 is 5.91. The maximum Gasteiger partial charge on any atom is 0.0353 e. The second kappa shape index (κ2) is 6.41. The fourth-order valence-electron chi connectivity index (χ4n) is 2.45. The summed E-state index contributed by atoms with van der Waals surface area (Å²) in [5, 5.41) is 3.68. The van der Waals surface area contributed by atoms with Crippen LogP contribution in [0.4, 0.5) is 5.69 Å². The molecule has 2 unspecified atom stereocenters. The highest BCUT2D eigenvalue weighted by Gasteiger charge is 2.15. The minimum atomic E-state index is 0.664. The molecule has 17 heavy (non-hydrogen) atoms. The lowest BCUT2D eigenvalue weighted by Gasteiger charge is -2.18. The summed E-state index contributed by atoms with van der Waals surface area (Å²) < 4.78 is 2.45. The zero-order valence-electron chi connectivity index (χ0n) is 10.2. The Morgan fingerprint density at radius 2 is 2.06 bits per heavy atom. The van der Waals surface area contributed by atoms with Crippen LogP contribution in [-0.4, -0.2) is 6.04 Å². The fraction of sp³-hybridized carbons (Fsp3) is 0.571. The molecule has 0 bridgehead atoms. The minimum absolute atomic E-state index is 0.664. The SMILES string of the molecule is CC1CCCC(Nc2ccc(Br)c(I)c2)CC1. The van der Waals surface area contributed by atoms with Gasteiger partial charge in [0, 0.05) is 19.8 Å². The molecule has 0 aromatic heterocycles. The van der Waals surface area contributed by atoms with Crippen molar-refractivity contribution in [1.29, 1.82) is 0 Å². The predicted molar refractivity (Wildman–Crippen MR) is 86.5 cm³/mol. The lowest BCUT2D eigenvalue weighted by molar-refractivity contribution is 0.502. The average Bonchev–Trinajstić information content (AvgIpc) is 2.49. The van der Waals surface area contributed by atoms with Gasteiger partial charge < -0.3 is 5.32 Å². The molecule has 0 spiro atoms. The second-order valence-electron chi connectivity index (χ2n) is 5.08. The molecule has 0 saturated heterocycles. The summed E-state index contributed by atoms with van der Waals surface area (Å²) in [5.41, 5.74) is 1.26. The van der Waals surface area contributed by atoms with Crippen molar-refractivity contribution < 1.29 is 0 Å². The van der Waals surface area contributed by atoms with Crippen molar-refractivity contribution >= 4 is 44.2 Å². The second-order valence-corrected chi connectivity index (χ2v) is 7.10. The van der Waals surface area contributed by atoms with Gasteiger partial charge >= 0.3 is 0 Å². The Morgan fingerprint density at radius 3 is 2.82 bits per heavy atom. The van der Waals surface area contributed by atoms with Gasteiger partial charge in [-0.1, -0.05) is 19.8 Å². The molecular formula is C14H19BrIN. The van der Waals surface area contributed by atoms with Crippen LogP contribution in [0.3, 0.4) is 0 Å². The molecule has 1 nitrogen and oxygen atoms in total. The first-order chi connectivity index (χ1) is 8.15. The van der Waals surface area contributed by atoms with Gasteiger partial charge in [-0.3, -0.25) is 0 Å². The molecule has 1 N–H and O–H groups in total. The number of anilines is 1. The molecule has 0 amide bonds. The van der Waals surface area contributed by atoms with Crippen molar-refractivity contribution in [2.45, 2.75) is 45.1 Å². The maximum atomic E-state index is 3.68. The molecule has 1 aromatic rings. The highest BCUT2D eigenvalue weighted by atomic mass is 127. The Bertz CT molecular complexity index is 380. The quantitative estimate of drug-likeness (QED) is 0.508. The van der Waals surface area contributed by atoms with E-state index in [1.54, 1.807) is 0 Å². The van der Waals surface area contributed by atoms with Gasteiger partial charge in [-0.15, -0.1) is 0 Å². The van der Waals surface area contributed by atoms with E-state index in [1.165, 1.54) is 45.8 Å². The van der Waals surface area contributed by atoms with Crippen molar-refractivity contribution in [2.75, 3.05) is 5.32 Å². The van der Waals surface area contributed by atoms with Gasteiger partial charge in [0.1, 0.15) is 0 Å². The van der Waals surface area contributed by atoms with E-state index in [4.69, 9.17) is 0 Å². The third-order valence-corrected chi connectivity index (χ3v) is 5.87. The van der Waals surface area contributed by atoms with E-state index >= 15 is 0 Å². The minimum Gasteiger partial charge on any atom is -0.382 e. The number of benzene rings is 1. The first-order valence-electron chi connectivity index (χ1n) is 6.37. The van der Waals surface area contributed by atoms with Gasteiger partial charge in [0.2, 0.25) is 0 Å². The van der Waals surface area contributed by atoms with E-state index in [2.05, 4.69) is 69.0 Å². The number of halogens is 2. The topological polar surface area (TPSA) is 12.0 Å². The normalized spacial score (nSPS) is 25.4. The molecular weight excluding hydrogens is 389 g/mol. The molecule has 2 rings (SSSR count). The summed E-state index contributed by atoms with van der Waals surface area (Å²) in [6.07, 6.45) is 6.76. The molecule has 0 aliphatic heterocycles. The third kappa shape index (κ3) is 4.12. The molecule has 3 heteroatoms. The molecule has 94 valence electrons. The van der Waals surface area contributed by atoms with E-state index in [0.717, 1.165) is 5.92 Å². The molecule has 1 aromatic carbocycles. The Morgan fingerprint density at radius 1 is 1.24 bits per heavy atom. The molecule has 0 heterocycles. The van der Waals surface area contributed by atoms with Crippen LogP contribution in [0.15, 0.2) is 22.7 Å². The van der Waals surface area contributed by atoms with Crippen LogP contribution in [0.5, 0.6) is 0 Å². The monoisotopic (exact) mass is 407 g/mol. The van der Waals surface area contributed by atoms with E-state index in [-0.39, 0.29) is 0 Å². The Hall–Kier alpha value is 0.230. The highest BCUT2D eigenvalue weighted by molar-refractivity contribution is 14.1. The van der Waals surface area contributed by atoms with Crippen LogP contribution < -0.4 is 5.32 Å². The lowest BCUT2D eigenvalue weighted by Crippen LogP contribution is -2.18. The predicted octanol–water partition coefficient (Wildman–Crippen LogP) is 5.43. The summed E-state index contributed by atoms with van der Waals surface area (Å²) in [7, 11) is 0. The smallest absolute Gasteiger partial charge is 0.0353 e. The van der Waals surface area contributed by atoms with Gasteiger partial charge in [0.25, 0.3) is 0 Å². The largest absolute Gasteiger partial charge is 0.382 e. The van der Waals surface area contributed by atoms with Crippen LogP contribution in [0.2, 0.25) is 0 Å². The first-order valence-corrected chi connectivity index (χ1v) is 8.24. The maximum absolute atomic E-state index is 3.68. The number of rotatable bonds is 2. The van der Waals surface area contributed by atoms with Crippen molar-refractivity contribution in [3.05, 3.63) is 26.2 Å². The van der Waals surface area contributed by atoms with Crippen LogP contribution in [0.25, 0.3) is 0 Å². The molecule has 1 saturated carbocycles. The third-order valence-electron chi connectivity index (χ3n) is 3.55. The van der Waals surface area contributed by atoms with E-state index in [1.807, 2.05) is 0 Å². The molecule has 1 aliphatic rings. The highest BCUT2D eigenvalue weighted by Crippen LogP contribution is 2.27. The van der Waals surface area contributed by atoms with Crippen LogP contribution in [-0.2, 0) is 0 Å². The molecule has 2 atom stereocenters. The van der Waals surface area contributed by atoms with Gasteiger partial charge in [-0.05, 0) is 81.9 Å². The van der Waals surface area contributed by atoms with Gasteiger partial charge in [0.05, 0.1) is 0 Å². The summed E-state index contributed by atoms with van der Waals surface area (Å²) in [6, 6.07) is 7.18. The zero-order valence-corrected chi connectivity index (χ0v) is 13.9. The van der Waals surface area contributed by atoms with E-state index in [9.17, 15) is 0 Å². The van der Waals surface area contributed by atoms with Gasteiger partial charge in [-0.25, -0.2) is 0 Å². The summed E-state index contributed by atoms with van der Waals surface area (Å²) in [6.45, 7) is 2.38. The molecule has 0 radical (unpaired) electrons. The Kier molecular flexibility index (Phi) is 5.15. The van der Waals surface area contributed by atoms with Crippen LogP contribution >= 0.6 is 38.5 Å². The van der Waals surface area contributed by atoms with Crippen molar-refractivity contribution in [1.82, 2.24) is 0 Å². The van der Waals surface area contributed by atoms with Crippen LogP contribution in [0, 0.1) is 9.49 Å². The Labute approximate surface area is 126 Å². The molecule has 1 aliphatic carbocycles. The van der Waals surface area contributed by atoms with Gasteiger partial charge in [0.15, 0.2) is 0 Å². The van der Waals surface area contributed by atoms with Crippen LogP contribution in [0.1, 0.15) is 39.0 Å². The summed E-state index contributed by atoms with van der Waals surface area (Å²) in [5.74, 6) is 0.909. The number of nitrogens with one attached hydrogen (secondary N) is 1. The average molecular weight is 408 g/mol. The number of hydrogen-bond donors (Lipinski definition) is 1. The zero-order chi connectivity index (χ0) is 12.3. The molecule has 1 fully saturated rings. The van der Waals surface area contributed by atoms with E-state index in [0.29, 0.717) is 6.04 Å². The lowest BCUT2D eigenvalue weighted by atomic mass is 10.0. The van der Waals surface area contributed by atoms with Crippen molar-refractivity contribution in [2.24, 2.45) is 5.92 Å². The van der Waals surface area contributed by atoms with Crippen molar-refractivity contribution in [3.8, 4) is 0 Å². The fourth-order valence-corrected chi connectivity index (χ4v) is 3.21. The number of hydrogen-bond acceptors (Lipinski definition) is 1. The van der Waals surface area contributed by atoms with Crippen molar-refractivity contribution in [3.63, 3.8) is 0 Å². The van der Waals surface area contributed by atoms with E-state index < -0.39 is 0 Å². The Balaban J connectivity index is 1.97. The first kappa shape index (κ1) is 13.7. The summed E-state index contributed by atoms with van der Waals surface area (Å²) in [4.78, 5) is 0.